The Morgan fingerprint density at radius 2 is 1.88 bits per heavy atom. The molecular formula is C12H25NO3. The van der Waals surface area contributed by atoms with Crippen LogP contribution in [-0.2, 0) is 14.3 Å². The Morgan fingerprint density at radius 3 is 2.25 bits per heavy atom. The van der Waals surface area contributed by atoms with Gasteiger partial charge in [0.1, 0.15) is 5.60 Å². The summed E-state index contributed by atoms with van der Waals surface area (Å²) in [7, 11) is 3.25. The average Bonchev–Trinajstić information content (AvgIpc) is 2.28. The van der Waals surface area contributed by atoms with Gasteiger partial charge in [-0.15, -0.1) is 0 Å². The van der Waals surface area contributed by atoms with Crippen LogP contribution in [0.25, 0.3) is 0 Å². The van der Waals surface area contributed by atoms with Crippen LogP contribution in [0.5, 0.6) is 0 Å². The number of hydrogen-bond acceptors (Lipinski definition) is 3. The maximum Gasteiger partial charge on any atom is 0.223 e. The van der Waals surface area contributed by atoms with Crippen molar-refractivity contribution in [1.82, 2.24) is 5.32 Å². The van der Waals surface area contributed by atoms with Gasteiger partial charge < -0.3 is 14.8 Å². The van der Waals surface area contributed by atoms with Crippen LogP contribution < -0.4 is 5.32 Å². The molecule has 0 radical (unpaired) electrons. The van der Waals surface area contributed by atoms with Gasteiger partial charge in [-0.25, -0.2) is 0 Å². The molecule has 16 heavy (non-hydrogen) atoms. The van der Waals surface area contributed by atoms with Crippen LogP contribution in [0.4, 0.5) is 0 Å². The first kappa shape index (κ1) is 15.4. The highest BCUT2D eigenvalue weighted by Crippen LogP contribution is 2.10. The van der Waals surface area contributed by atoms with Crippen LogP contribution in [-0.4, -0.2) is 38.9 Å². The van der Waals surface area contributed by atoms with E-state index in [1.54, 1.807) is 14.2 Å². The fourth-order valence-corrected chi connectivity index (χ4v) is 1.57. The number of amides is 1. The van der Waals surface area contributed by atoms with E-state index in [4.69, 9.17) is 9.47 Å². The molecule has 1 amide bonds. The summed E-state index contributed by atoms with van der Waals surface area (Å²) in [5.41, 5.74) is -0.448. The number of methoxy groups -OCH3 is 2. The van der Waals surface area contributed by atoms with Crippen molar-refractivity contribution in [2.75, 3.05) is 27.4 Å². The van der Waals surface area contributed by atoms with Crippen molar-refractivity contribution in [1.29, 1.82) is 0 Å². The lowest BCUT2D eigenvalue weighted by atomic mass is 10.0. The minimum Gasteiger partial charge on any atom is -0.382 e. The summed E-state index contributed by atoms with van der Waals surface area (Å²) in [5.74, 6) is 0.202. The van der Waals surface area contributed by atoms with E-state index >= 15 is 0 Å². The Labute approximate surface area is 98.7 Å². The van der Waals surface area contributed by atoms with Gasteiger partial charge in [0, 0.05) is 26.7 Å². The normalized spacial score (nSPS) is 14.9. The quantitative estimate of drug-likeness (QED) is 0.690. The Bertz CT molecular complexity index is 204. The fraction of sp³-hybridized carbons (Fsp3) is 0.917. The summed E-state index contributed by atoms with van der Waals surface area (Å²) in [6.45, 7) is 6.92. The fourth-order valence-electron chi connectivity index (χ4n) is 1.57. The number of hydrogen-bond donors (Lipinski definition) is 1. The van der Waals surface area contributed by atoms with Crippen molar-refractivity contribution in [2.45, 2.75) is 39.2 Å². The average molecular weight is 231 g/mol. The van der Waals surface area contributed by atoms with E-state index in [9.17, 15) is 4.79 Å². The van der Waals surface area contributed by atoms with E-state index in [0.717, 1.165) is 12.8 Å². The molecule has 0 aromatic carbocycles. The third kappa shape index (κ3) is 4.94. The van der Waals surface area contributed by atoms with Crippen molar-refractivity contribution < 1.29 is 14.3 Å². The number of nitrogens with one attached hydrogen (secondary N) is 1. The van der Waals surface area contributed by atoms with Gasteiger partial charge >= 0.3 is 0 Å². The largest absolute Gasteiger partial charge is 0.382 e. The molecule has 96 valence electrons. The summed E-state index contributed by atoms with van der Waals surface area (Å²) >= 11 is 0. The van der Waals surface area contributed by atoms with E-state index in [-0.39, 0.29) is 11.8 Å². The Hall–Kier alpha value is -0.610. The SMILES string of the molecule is CCC(CC)C(=O)NC[C@](C)(COC)OC. The maximum atomic E-state index is 11.8. The molecule has 0 aliphatic carbocycles. The molecule has 0 heterocycles. The molecule has 4 nitrogen and oxygen atoms in total. The van der Waals surface area contributed by atoms with Gasteiger partial charge in [0.15, 0.2) is 0 Å². The first-order chi connectivity index (χ1) is 7.52. The zero-order valence-corrected chi connectivity index (χ0v) is 11.1. The molecule has 0 rings (SSSR count). The van der Waals surface area contributed by atoms with Gasteiger partial charge in [-0.05, 0) is 19.8 Å². The molecule has 0 aromatic heterocycles. The lowest BCUT2D eigenvalue weighted by molar-refractivity contribution is -0.127. The molecule has 1 N–H and O–H groups in total. The lowest BCUT2D eigenvalue weighted by Crippen LogP contribution is -2.46. The summed E-state index contributed by atoms with van der Waals surface area (Å²) < 4.78 is 10.4. The van der Waals surface area contributed by atoms with Crippen LogP contribution in [0.2, 0.25) is 0 Å². The minimum absolute atomic E-state index is 0.101. The van der Waals surface area contributed by atoms with Gasteiger partial charge in [-0.3, -0.25) is 4.79 Å². The van der Waals surface area contributed by atoms with Gasteiger partial charge in [0.25, 0.3) is 0 Å². The van der Waals surface area contributed by atoms with Crippen LogP contribution in [0.1, 0.15) is 33.6 Å². The Kier molecular flexibility index (Phi) is 7.34. The smallest absolute Gasteiger partial charge is 0.223 e. The van der Waals surface area contributed by atoms with E-state index in [1.165, 1.54) is 0 Å². The maximum absolute atomic E-state index is 11.8. The monoisotopic (exact) mass is 231 g/mol. The van der Waals surface area contributed by atoms with Crippen molar-refractivity contribution in [3.05, 3.63) is 0 Å². The molecule has 0 aliphatic heterocycles. The number of ether oxygens (including phenoxy) is 2. The Morgan fingerprint density at radius 1 is 1.31 bits per heavy atom. The summed E-state index contributed by atoms with van der Waals surface area (Å²) in [6.07, 6.45) is 1.74. The molecule has 4 heteroatoms. The second-order valence-electron chi connectivity index (χ2n) is 4.32. The highest BCUT2D eigenvalue weighted by molar-refractivity contribution is 5.78. The minimum atomic E-state index is -0.448. The summed E-state index contributed by atoms with van der Waals surface area (Å²) in [6, 6.07) is 0. The molecule has 0 saturated heterocycles. The van der Waals surface area contributed by atoms with E-state index in [2.05, 4.69) is 5.32 Å². The predicted octanol–water partition coefficient (Wildman–Crippen LogP) is 1.59. The number of carbonyl (C=O) groups is 1. The van der Waals surface area contributed by atoms with E-state index in [0.29, 0.717) is 13.2 Å². The van der Waals surface area contributed by atoms with Crippen molar-refractivity contribution in [2.24, 2.45) is 5.92 Å². The van der Waals surface area contributed by atoms with Crippen molar-refractivity contribution in [3.8, 4) is 0 Å². The molecule has 0 aliphatic rings. The molecule has 1 atom stereocenters. The van der Waals surface area contributed by atoms with Gasteiger partial charge in [-0.1, -0.05) is 13.8 Å². The van der Waals surface area contributed by atoms with Crippen molar-refractivity contribution in [3.63, 3.8) is 0 Å². The third-order valence-electron chi connectivity index (χ3n) is 2.94. The van der Waals surface area contributed by atoms with Crippen LogP contribution in [0.3, 0.4) is 0 Å². The topological polar surface area (TPSA) is 47.6 Å². The summed E-state index contributed by atoms with van der Waals surface area (Å²) in [5, 5.41) is 2.92. The highest BCUT2D eigenvalue weighted by atomic mass is 16.5. The first-order valence-electron chi connectivity index (χ1n) is 5.84. The second-order valence-corrected chi connectivity index (χ2v) is 4.32. The van der Waals surface area contributed by atoms with Crippen LogP contribution in [0, 0.1) is 5.92 Å². The zero-order chi connectivity index (χ0) is 12.6. The number of carbonyl (C=O) groups excluding carboxylic acids is 1. The van der Waals surface area contributed by atoms with Gasteiger partial charge in [0.2, 0.25) is 5.91 Å². The molecule has 0 aromatic rings. The van der Waals surface area contributed by atoms with Crippen LogP contribution >= 0.6 is 0 Å². The summed E-state index contributed by atoms with van der Waals surface area (Å²) in [4.78, 5) is 11.8. The zero-order valence-electron chi connectivity index (χ0n) is 11.1. The molecule has 0 bridgehead atoms. The molecule has 0 spiro atoms. The molecule has 0 saturated carbocycles. The predicted molar refractivity (Wildman–Crippen MR) is 64.4 cm³/mol. The lowest BCUT2D eigenvalue weighted by Gasteiger charge is -2.28. The van der Waals surface area contributed by atoms with E-state index in [1.807, 2.05) is 20.8 Å². The molecule has 0 unspecified atom stereocenters. The molecule has 0 fully saturated rings. The number of rotatable bonds is 8. The van der Waals surface area contributed by atoms with E-state index < -0.39 is 5.60 Å². The second kappa shape index (κ2) is 7.63. The highest BCUT2D eigenvalue weighted by Gasteiger charge is 2.25. The van der Waals surface area contributed by atoms with Gasteiger partial charge in [-0.2, -0.15) is 0 Å². The van der Waals surface area contributed by atoms with Crippen LogP contribution in [0.15, 0.2) is 0 Å². The molecular weight excluding hydrogens is 206 g/mol. The first-order valence-corrected chi connectivity index (χ1v) is 5.84. The van der Waals surface area contributed by atoms with Gasteiger partial charge in [0.05, 0.1) is 6.61 Å². The van der Waals surface area contributed by atoms with Crippen molar-refractivity contribution >= 4 is 5.91 Å². The standard InChI is InChI=1S/C12H25NO3/c1-6-10(7-2)11(14)13-8-12(3,16-5)9-15-4/h10H,6-9H2,1-5H3,(H,13,14)/t12-/m1/s1. The Balaban J connectivity index is 4.15. The third-order valence-corrected chi connectivity index (χ3v) is 2.94.